The highest BCUT2D eigenvalue weighted by Crippen LogP contribution is 2.29. The van der Waals surface area contributed by atoms with Crippen molar-refractivity contribution in [2.75, 3.05) is 0 Å². The Morgan fingerprint density at radius 3 is 2.76 bits per heavy atom. The fraction of sp³-hybridized carbons (Fsp3) is 0.125. The van der Waals surface area contributed by atoms with Crippen LogP contribution in [0.2, 0.25) is 0 Å². The van der Waals surface area contributed by atoms with Crippen LogP contribution in [0.15, 0.2) is 46.9 Å². The van der Waals surface area contributed by atoms with Gasteiger partial charge in [0.2, 0.25) is 0 Å². The maximum Gasteiger partial charge on any atom is 0.132 e. The van der Waals surface area contributed by atoms with E-state index in [9.17, 15) is 0 Å². The second-order valence-electron chi connectivity index (χ2n) is 4.72. The first-order valence-corrected chi connectivity index (χ1v) is 7.65. The van der Waals surface area contributed by atoms with E-state index in [0.29, 0.717) is 5.56 Å². The molecule has 1 atom stereocenters. The Labute approximate surface area is 135 Å². The highest BCUT2D eigenvalue weighted by Gasteiger charge is 2.16. The van der Waals surface area contributed by atoms with Crippen molar-refractivity contribution in [1.29, 1.82) is 5.26 Å². The number of aromatic nitrogens is 2. The van der Waals surface area contributed by atoms with Crippen molar-refractivity contribution in [3.63, 3.8) is 0 Å². The zero-order chi connectivity index (χ0) is 15.0. The van der Waals surface area contributed by atoms with Crippen LogP contribution in [0.25, 0.3) is 16.7 Å². The summed E-state index contributed by atoms with van der Waals surface area (Å²) in [5.41, 5.74) is 3.28. The summed E-state index contributed by atoms with van der Waals surface area (Å²) in [6, 6.07) is 15.5. The predicted octanol–water partition coefficient (Wildman–Crippen LogP) is 4.96. The molecule has 0 saturated heterocycles. The number of hydrogen-bond acceptors (Lipinski definition) is 2. The molecule has 0 bridgehead atoms. The summed E-state index contributed by atoms with van der Waals surface area (Å²) >= 11 is 9.77. The standard InChI is InChI=1S/C16H11BrClN3/c1-10(18)16-20-14-6-5-11(9-19)7-15(14)21(16)13-4-2-3-12(17)8-13/h2-8,10H,1H3. The van der Waals surface area contributed by atoms with Crippen molar-refractivity contribution >= 4 is 38.6 Å². The van der Waals surface area contributed by atoms with E-state index >= 15 is 0 Å². The van der Waals surface area contributed by atoms with E-state index in [1.807, 2.05) is 47.9 Å². The lowest BCUT2D eigenvalue weighted by atomic mass is 10.2. The molecular weight excluding hydrogens is 350 g/mol. The van der Waals surface area contributed by atoms with Gasteiger partial charge in [0.15, 0.2) is 0 Å². The van der Waals surface area contributed by atoms with E-state index in [2.05, 4.69) is 27.0 Å². The molecule has 0 aliphatic rings. The van der Waals surface area contributed by atoms with Crippen LogP contribution in [0.1, 0.15) is 23.7 Å². The molecule has 2 aromatic carbocycles. The molecule has 3 aromatic rings. The molecule has 1 heterocycles. The summed E-state index contributed by atoms with van der Waals surface area (Å²) in [5, 5.41) is 8.87. The number of alkyl halides is 1. The Hall–Kier alpha value is -1.83. The van der Waals surface area contributed by atoms with Crippen molar-refractivity contribution in [2.24, 2.45) is 0 Å². The number of imidazole rings is 1. The number of halogens is 2. The first-order valence-electron chi connectivity index (χ1n) is 6.42. The Balaban J connectivity index is 2.37. The monoisotopic (exact) mass is 359 g/mol. The number of benzene rings is 2. The summed E-state index contributed by atoms with van der Waals surface area (Å²) in [7, 11) is 0. The number of rotatable bonds is 2. The van der Waals surface area contributed by atoms with Gasteiger partial charge in [-0.2, -0.15) is 5.26 Å². The molecule has 1 aromatic heterocycles. The van der Waals surface area contributed by atoms with Crippen LogP contribution >= 0.6 is 27.5 Å². The molecule has 0 N–H and O–H groups in total. The lowest BCUT2D eigenvalue weighted by Crippen LogP contribution is -2.01. The first kappa shape index (κ1) is 14.1. The molecule has 3 rings (SSSR count). The Bertz CT molecular complexity index is 862. The maximum absolute atomic E-state index is 9.11. The van der Waals surface area contributed by atoms with Gasteiger partial charge < -0.3 is 0 Å². The second-order valence-corrected chi connectivity index (χ2v) is 6.29. The molecule has 3 nitrogen and oxygen atoms in total. The van der Waals surface area contributed by atoms with Gasteiger partial charge in [-0.15, -0.1) is 11.6 Å². The van der Waals surface area contributed by atoms with E-state index in [1.54, 1.807) is 6.07 Å². The van der Waals surface area contributed by atoms with Gasteiger partial charge in [0.1, 0.15) is 5.82 Å². The van der Waals surface area contributed by atoms with Crippen LogP contribution in [-0.2, 0) is 0 Å². The molecule has 0 fully saturated rings. The number of nitrogens with zero attached hydrogens (tertiary/aromatic N) is 3. The lowest BCUT2D eigenvalue weighted by molar-refractivity contribution is 0.882. The van der Waals surface area contributed by atoms with Gasteiger partial charge in [0, 0.05) is 10.2 Å². The zero-order valence-electron chi connectivity index (χ0n) is 11.2. The zero-order valence-corrected chi connectivity index (χ0v) is 13.6. The number of hydrogen-bond donors (Lipinski definition) is 0. The highest BCUT2D eigenvalue weighted by atomic mass is 79.9. The molecule has 0 aliphatic carbocycles. The minimum absolute atomic E-state index is 0.234. The topological polar surface area (TPSA) is 41.6 Å². The number of nitriles is 1. The van der Waals surface area contributed by atoms with Gasteiger partial charge in [-0.1, -0.05) is 22.0 Å². The highest BCUT2D eigenvalue weighted by molar-refractivity contribution is 9.10. The average Bonchev–Trinajstić information content (AvgIpc) is 2.85. The molecule has 0 amide bonds. The molecule has 5 heteroatoms. The second kappa shape index (κ2) is 5.51. The lowest BCUT2D eigenvalue weighted by Gasteiger charge is -2.11. The van der Waals surface area contributed by atoms with E-state index in [4.69, 9.17) is 16.9 Å². The van der Waals surface area contributed by atoms with Crippen LogP contribution in [0.3, 0.4) is 0 Å². The third kappa shape index (κ3) is 2.55. The fourth-order valence-corrected chi connectivity index (χ4v) is 2.85. The molecule has 0 saturated carbocycles. The predicted molar refractivity (Wildman–Crippen MR) is 87.8 cm³/mol. The molecular formula is C16H11BrClN3. The quantitative estimate of drug-likeness (QED) is 0.606. The Kier molecular flexibility index (Phi) is 3.71. The van der Waals surface area contributed by atoms with E-state index < -0.39 is 0 Å². The van der Waals surface area contributed by atoms with Crippen molar-refractivity contribution in [3.8, 4) is 11.8 Å². The Morgan fingerprint density at radius 1 is 1.29 bits per heavy atom. The molecule has 0 radical (unpaired) electrons. The van der Waals surface area contributed by atoms with E-state index in [1.165, 1.54) is 0 Å². The number of fused-ring (bicyclic) bond motifs is 1. The van der Waals surface area contributed by atoms with Gasteiger partial charge in [-0.05, 0) is 43.3 Å². The third-order valence-electron chi connectivity index (χ3n) is 3.23. The minimum Gasteiger partial charge on any atom is -0.295 e. The van der Waals surface area contributed by atoms with Gasteiger partial charge in [-0.25, -0.2) is 4.98 Å². The van der Waals surface area contributed by atoms with Gasteiger partial charge >= 0.3 is 0 Å². The molecule has 21 heavy (non-hydrogen) atoms. The van der Waals surface area contributed by atoms with Crippen molar-refractivity contribution in [1.82, 2.24) is 9.55 Å². The van der Waals surface area contributed by atoms with Crippen LogP contribution in [0, 0.1) is 11.3 Å². The van der Waals surface area contributed by atoms with Crippen molar-refractivity contribution < 1.29 is 0 Å². The molecule has 0 aliphatic heterocycles. The largest absolute Gasteiger partial charge is 0.295 e. The average molecular weight is 361 g/mol. The summed E-state index contributed by atoms with van der Waals surface area (Å²) in [4.78, 5) is 4.60. The summed E-state index contributed by atoms with van der Waals surface area (Å²) in [6.07, 6.45) is 0. The van der Waals surface area contributed by atoms with Crippen LogP contribution < -0.4 is 0 Å². The van der Waals surface area contributed by atoms with Crippen LogP contribution in [-0.4, -0.2) is 9.55 Å². The van der Waals surface area contributed by atoms with E-state index in [-0.39, 0.29) is 5.38 Å². The molecule has 1 unspecified atom stereocenters. The molecule has 104 valence electrons. The maximum atomic E-state index is 9.11. The molecule has 0 spiro atoms. The van der Waals surface area contributed by atoms with Crippen molar-refractivity contribution in [3.05, 3.63) is 58.3 Å². The minimum atomic E-state index is -0.234. The van der Waals surface area contributed by atoms with Gasteiger partial charge in [0.05, 0.1) is 28.0 Å². The smallest absolute Gasteiger partial charge is 0.132 e. The normalized spacial score (nSPS) is 12.3. The first-order chi connectivity index (χ1) is 10.1. The van der Waals surface area contributed by atoms with Crippen LogP contribution in [0.4, 0.5) is 0 Å². The van der Waals surface area contributed by atoms with Gasteiger partial charge in [-0.3, -0.25) is 4.57 Å². The van der Waals surface area contributed by atoms with Crippen molar-refractivity contribution in [2.45, 2.75) is 12.3 Å². The summed E-state index contributed by atoms with van der Waals surface area (Å²) in [6.45, 7) is 1.89. The van der Waals surface area contributed by atoms with Gasteiger partial charge in [0.25, 0.3) is 0 Å². The van der Waals surface area contributed by atoms with E-state index in [0.717, 1.165) is 27.0 Å². The summed E-state index contributed by atoms with van der Waals surface area (Å²) in [5.74, 6) is 0.764. The summed E-state index contributed by atoms with van der Waals surface area (Å²) < 4.78 is 2.98. The fourth-order valence-electron chi connectivity index (χ4n) is 2.32. The Morgan fingerprint density at radius 2 is 2.10 bits per heavy atom. The SMILES string of the molecule is CC(Cl)c1nc2ccc(C#N)cc2n1-c1cccc(Br)c1. The van der Waals surface area contributed by atoms with Crippen LogP contribution in [0.5, 0.6) is 0 Å². The third-order valence-corrected chi connectivity index (χ3v) is 3.92.